The van der Waals surface area contributed by atoms with Crippen LogP contribution in [0, 0.1) is 0 Å². The standard InChI is InChI=1S/C22H20N8/c1-15(16-6-4-3-5-7-16)21-28-27-20-14-17(10-13-30(20)21)18-8-11-23-22(25-18)26-19-9-12-24-29(19)2/h3-15H,1-2H3,(H,23,25,26). The van der Waals surface area contributed by atoms with Gasteiger partial charge in [0.1, 0.15) is 11.6 Å². The topological polar surface area (TPSA) is 85.8 Å². The number of nitrogens with one attached hydrogen (secondary N) is 1. The Labute approximate surface area is 173 Å². The zero-order valence-corrected chi connectivity index (χ0v) is 16.6. The number of fused-ring (bicyclic) bond motifs is 1. The minimum atomic E-state index is 0.140. The number of benzene rings is 1. The molecule has 5 aromatic rings. The second-order valence-electron chi connectivity index (χ2n) is 7.06. The first-order valence-corrected chi connectivity index (χ1v) is 9.67. The van der Waals surface area contributed by atoms with Crippen LogP contribution in [-0.2, 0) is 7.05 Å². The first-order valence-electron chi connectivity index (χ1n) is 9.67. The second-order valence-corrected chi connectivity index (χ2v) is 7.06. The van der Waals surface area contributed by atoms with Crippen molar-refractivity contribution in [2.24, 2.45) is 7.05 Å². The molecule has 4 heterocycles. The Morgan fingerprint density at radius 3 is 2.63 bits per heavy atom. The van der Waals surface area contributed by atoms with Gasteiger partial charge in [-0.05, 0) is 23.8 Å². The lowest BCUT2D eigenvalue weighted by molar-refractivity contribution is 0.775. The molecule has 0 bridgehead atoms. The molecule has 0 aliphatic rings. The third-order valence-corrected chi connectivity index (χ3v) is 5.14. The van der Waals surface area contributed by atoms with Crippen molar-refractivity contribution in [2.45, 2.75) is 12.8 Å². The van der Waals surface area contributed by atoms with Crippen molar-refractivity contribution in [3.05, 3.63) is 84.6 Å². The van der Waals surface area contributed by atoms with E-state index in [1.54, 1.807) is 17.1 Å². The van der Waals surface area contributed by atoms with Gasteiger partial charge in [0, 0.05) is 37.0 Å². The fourth-order valence-electron chi connectivity index (χ4n) is 3.45. The average Bonchev–Trinajstić information content (AvgIpc) is 3.39. The molecule has 30 heavy (non-hydrogen) atoms. The van der Waals surface area contributed by atoms with E-state index in [9.17, 15) is 0 Å². The maximum atomic E-state index is 4.63. The van der Waals surface area contributed by atoms with Crippen molar-refractivity contribution < 1.29 is 0 Å². The van der Waals surface area contributed by atoms with Gasteiger partial charge in [-0.15, -0.1) is 10.2 Å². The second kappa shape index (κ2) is 7.40. The first-order chi connectivity index (χ1) is 14.7. The molecule has 4 aromatic heterocycles. The Balaban J connectivity index is 1.46. The molecule has 0 saturated heterocycles. The number of hydrogen-bond acceptors (Lipinski definition) is 6. The summed E-state index contributed by atoms with van der Waals surface area (Å²) < 4.78 is 3.75. The highest BCUT2D eigenvalue weighted by molar-refractivity contribution is 5.65. The molecule has 0 amide bonds. The Bertz CT molecular complexity index is 1310. The predicted octanol–water partition coefficient (Wildman–Crippen LogP) is 3.82. The van der Waals surface area contributed by atoms with Crippen LogP contribution < -0.4 is 5.32 Å². The lowest BCUT2D eigenvalue weighted by Crippen LogP contribution is -2.03. The average molecular weight is 396 g/mol. The highest BCUT2D eigenvalue weighted by atomic mass is 15.3. The van der Waals surface area contributed by atoms with Gasteiger partial charge in [-0.2, -0.15) is 5.10 Å². The van der Waals surface area contributed by atoms with Crippen LogP contribution in [0.5, 0.6) is 0 Å². The summed E-state index contributed by atoms with van der Waals surface area (Å²) in [5.74, 6) is 2.38. The van der Waals surface area contributed by atoms with E-state index in [4.69, 9.17) is 0 Å². The van der Waals surface area contributed by atoms with Crippen LogP contribution in [0.1, 0.15) is 24.2 Å². The van der Waals surface area contributed by atoms with Crippen LogP contribution in [0.4, 0.5) is 11.8 Å². The maximum Gasteiger partial charge on any atom is 0.228 e. The van der Waals surface area contributed by atoms with Crippen LogP contribution in [0.15, 0.2) is 73.2 Å². The Morgan fingerprint density at radius 1 is 0.967 bits per heavy atom. The van der Waals surface area contributed by atoms with E-state index in [1.165, 1.54) is 5.56 Å². The molecule has 8 heteroatoms. The smallest absolute Gasteiger partial charge is 0.228 e. The zero-order chi connectivity index (χ0) is 20.5. The van der Waals surface area contributed by atoms with Gasteiger partial charge < -0.3 is 5.32 Å². The number of pyridine rings is 1. The number of nitrogens with zero attached hydrogens (tertiary/aromatic N) is 7. The van der Waals surface area contributed by atoms with E-state index in [0.717, 1.165) is 28.5 Å². The molecule has 1 atom stereocenters. The zero-order valence-electron chi connectivity index (χ0n) is 16.6. The third kappa shape index (κ3) is 3.28. The van der Waals surface area contributed by atoms with Crippen molar-refractivity contribution in [2.75, 3.05) is 5.32 Å². The van der Waals surface area contributed by atoms with Gasteiger partial charge in [0.25, 0.3) is 0 Å². The molecular formula is C22H20N8. The lowest BCUT2D eigenvalue weighted by atomic mass is 10.0. The molecule has 148 valence electrons. The van der Waals surface area contributed by atoms with Crippen LogP contribution in [-0.4, -0.2) is 34.3 Å². The molecule has 1 aromatic carbocycles. The van der Waals surface area contributed by atoms with E-state index in [-0.39, 0.29) is 5.92 Å². The molecule has 0 saturated carbocycles. The third-order valence-electron chi connectivity index (χ3n) is 5.14. The molecule has 0 aliphatic carbocycles. The van der Waals surface area contributed by atoms with Gasteiger partial charge in [-0.3, -0.25) is 9.08 Å². The lowest BCUT2D eigenvalue weighted by Gasteiger charge is -2.10. The summed E-state index contributed by atoms with van der Waals surface area (Å²) >= 11 is 0. The van der Waals surface area contributed by atoms with Gasteiger partial charge in [-0.1, -0.05) is 37.3 Å². The molecule has 0 spiro atoms. The van der Waals surface area contributed by atoms with E-state index in [1.807, 2.05) is 60.1 Å². The van der Waals surface area contributed by atoms with Gasteiger partial charge in [-0.25, -0.2) is 9.97 Å². The number of aryl methyl sites for hydroxylation is 1. The molecule has 5 rings (SSSR count). The molecule has 0 aliphatic heterocycles. The normalized spacial score (nSPS) is 12.2. The largest absolute Gasteiger partial charge is 0.309 e. The van der Waals surface area contributed by atoms with E-state index < -0.39 is 0 Å². The van der Waals surface area contributed by atoms with Gasteiger partial charge >= 0.3 is 0 Å². The van der Waals surface area contributed by atoms with E-state index >= 15 is 0 Å². The number of hydrogen-bond donors (Lipinski definition) is 1. The molecule has 1 N–H and O–H groups in total. The number of aromatic nitrogens is 7. The van der Waals surface area contributed by atoms with Gasteiger partial charge in [0.2, 0.25) is 5.95 Å². The summed E-state index contributed by atoms with van der Waals surface area (Å²) in [4.78, 5) is 8.94. The maximum absolute atomic E-state index is 4.63. The van der Waals surface area contributed by atoms with Crippen LogP contribution in [0.25, 0.3) is 16.9 Å². The minimum absolute atomic E-state index is 0.140. The molecule has 8 nitrogen and oxygen atoms in total. The van der Waals surface area contributed by atoms with Gasteiger partial charge in [0.05, 0.1) is 11.9 Å². The van der Waals surface area contributed by atoms with Crippen molar-refractivity contribution in [1.82, 2.24) is 34.3 Å². The molecule has 1 unspecified atom stereocenters. The van der Waals surface area contributed by atoms with Crippen molar-refractivity contribution in [3.63, 3.8) is 0 Å². The molecule has 0 radical (unpaired) electrons. The molecule has 0 fully saturated rings. The minimum Gasteiger partial charge on any atom is -0.309 e. The summed E-state index contributed by atoms with van der Waals surface area (Å²) in [7, 11) is 1.86. The summed E-state index contributed by atoms with van der Waals surface area (Å²) in [6.07, 6.45) is 5.45. The summed E-state index contributed by atoms with van der Waals surface area (Å²) in [6, 6.07) is 18.1. The summed E-state index contributed by atoms with van der Waals surface area (Å²) in [5, 5.41) is 16.2. The number of rotatable bonds is 5. The number of anilines is 2. The monoisotopic (exact) mass is 396 g/mol. The van der Waals surface area contributed by atoms with Crippen molar-refractivity contribution in [1.29, 1.82) is 0 Å². The summed E-state index contributed by atoms with van der Waals surface area (Å²) in [5.41, 5.74) is 3.74. The van der Waals surface area contributed by atoms with Crippen LogP contribution in [0.3, 0.4) is 0 Å². The summed E-state index contributed by atoms with van der Waals surface area (Å²) in [6.45, 7) is 2.14. The fraction of sp³-hybridized carbons (Fsp3) is 0.136. The van der Waals surface area contributed by atoms with Crippen molar-refractivity contribution >= 4 is 17.4 Å². The van der Waals surface area contributed by atoms with Crippen molar-refractivity contribution in [3.8, 4) is 11.3 Å². The Kier molecular flexibility index (Phi) is 4.44. The van der Waals surface area contributed by atoms with Crippen LogP contribution >= 0.6 is 0 Å². The molecular weight excluding hydrogens is 376 g/mol. The SMILES string of the molecule is CC(c1ccccc1)c1nnc2cc(-c3ccnc(Nc4ccnn4C)n3)ccn12. The van der Waals surface area contributed by atoms with Crippen LogP contribution in [0.2, 0.25) is 0 Å². The quantitative estimate of drug-likeness (QED) is 0.486. The fourth-order valence-corrected chi connectivity index (χ4v) is 3.45. The first kappa shape index (κ1) is 18.0. The van der Waals surface area contributed by atoms with Gasteiger partial charge in [0.15, 0.2) is 5.65 Å². The highest BCUT2D eigenvalue weighted by Crippen LogP contribution is 2.25. The predicted molar refractivity (Wildman–Crippen MR) is 114 cm³/mol. The van der Waals surface area contributed by atoms with E-state index in [0.29, 0.717) is 5.95 Å². The highest BCUT2D eigenvalue weighted by Gasteiger charge is 2.16. The Morgan fingerprint density at radius 2 is 1.83 bits per heavy atom. The van der Waals surface area contributed by atoms with E-state index in [2.05, 4.69) is 49.6 Å². The Hall–Kier alpha value is -4.07.